The van der Waals surface area contributed by atoms with E-state index in [9.17, 15) is 0 Å². The van der Waals surface area contributed by atoms with Crippen LogP contribution < -0.4 is 5.32 Å². The van der Waals surface area contributed by atoms with E-state index in [4.69, 9.17) is 9.47 Å². The molecule has 1 unspecified atom stereocenters. The predicted molar refractivity (Wildman–Crippen MR) is 129 cm³/mol. The summed E-state index contributed by atoms with van der Waals surface area (Å²) in [6.45, 7) is 8.69. The number of piperazine rings is 1. The molecule has 0 bridgehead atoms. The number of guanidine groups is 1. The molecule has 0 aliphatic carbocycles. The van der Waals surface area contributed by atoms with E-state index >= 15 is 0 Å². The lowest BCUT2D eigenvalue weighted by Gasteiger charge is -2.41. The Balaban J connectivity index is 0.00000300. The Kier molecular flexibility index (Phi) is 10.1. The van der Waals surface area contributed by atoms with E-state index in [0.29, 0.717) is 6.04 Å². The van der Waals surface area contributed by atoms with Crippen molar-refractivity contribution in [1.29, 1.82) is 0 Å². The van der Waals surface area contributed by atoms with Crippen LogP contribution in [-0.2, 0) is 9.47 Å². The zero-order chi connectivity index (χ0) is 19.8. The first-order valence-electron chi connectivity index (χ1n) is 10.6. The standard InChI is InChI=1S/C22H36N4O2.HI/c1-4-20(19-8-6-5-7-9-19)25-12-14-26(15-13-25)21(23-2)24-18-22(27-3)10-16-28-17-11-22;/h5-9,20H,4,10-18H2,1-3H3,(H,23,24);1H. The number of aliphatic imine (C=N–C) groups is 1. The highest BCUT2D eigenvalue weighted by atomic mass is 127. The molecule has 1 aromatic rings. The quantitative estimate of drug-likeness (QED) is 0.358. The summed E-state index contributed by atoms with van der Waals surface area (Å²) < 4.78 is 11.4. The fourth-order valence-corrected chi connectivity index (χ4v) is 4.39. The third-order valence-electron chi connectivity index (χ3n) is 6.24. The van der Waals surface area contributed by atoms with Gasteiger partial charge in [0.2, 0.25) is 0 Å². The SMILES string of the molecule is CCC(c1ccccc1)N1CCN(C(=NC)NCC2(OC)CCOCC2)CC1.I. The van der Waals surface area contributed by atoms with E-state index in [0.717, 1.165) is 71.2 Å². The van der Waals surface area contributed by atoms with Gasteiger partial charge >= 0.3 is 0 Å². The average molecular weight is 516 g/mol. The second kappa shape index (κ2) is 12.1. The number of nitrogens with one attached hydrogen (secondary N) is 1. The molecule has 164 valence electrons. The van der Waals surface area contributed by atoms with Crippen molar-refractivity contribution in [3.63, 3.8) is 0 Å². The number of nitrogens with zero attached hydrogens (tertiary/aromatic N) is 3. The molecule has 1 aromatic carbocycles. The van der Waals surface area contributed by atoms with E-state index in [1.165, 1.54) is 5.56 Å². The van der Waals surface area contributed by atoms with Gasteiger partial charge in [-0.2, -0.15) is 0 Å². The Morgan fingerprint density at radius 2 is 1.83 bits per heavy atom. The van der Waals surface area contributed by atoms with E-state index in [1.54, 1.807) is 0 Å². The average Bonchev–Trinajstić information content (AvgIpc) is 2.77. The first-order chi connectivity index (χ1) is 13.7. The van der Waals surface area contributed by atoms with Gasteiger partial charge in [0.05, 0.1) is 5.60 Å². The van der Waals surface area contributed by atoms with E-state index in [1.807, 2.05) is 14.2 Å². The highest BCUT2D eigenvalue weighted by molar-refractivity contribution is 14.0. The van der Waals surface area contributed by atoms with Gasteiger partial charge in [-0.15, -0.1) is 24.0 Å². The van der Waals surface area contributed by atoms with Crippen LogP contribution in [-0.4, -0.2) is 81.5 Å². The first-order valence-corrected chi connectivity index (χ1v) is 10.6. The second-order valence-corrected chi connectivity index (χ2v) is 7.76. The molecule has 1 N–H and O–H groups in total. The molecule has 2 fully saturated rings. The number of benzene rings is 1. The molecule has 2 heterocycles. The summed E-state index contributed by atoms with van der Waals surface area (Å²) in [5, 5.41) is 3.57. The zero-order valence-corrected chi connectivity index (χ0v) is 20.4. The van der Waals surface area contributed by atoms with Crippen LogP contribution in [0.2, 0.25) is 0 Å². The smallest absolute Gasteiger partial charge is 0.193 e. The van der Waals surface area contributed by atoms with Crippen molar-refractivity contribution >= 4 is 29.9 Å². The molecule has 0 aromatic heterocycles. The van der Waals surface area contributed by atoms with Crippen LogP contribution in [0, 0.1) is 0 Å². The maximum Gasteiger partial charge on any atom is 0.193 e. The lowest BCUT2D eigenvalue weighted by Crippen LogP contribution is -2.56. The van der Waals surface area contributed by atoms with Gasteiger partial charge in [-0.25, -0.2) is 0 Å². The van der Waals surface area contributed by atoms with Crippen LogP contribution in [0.5, 0.6) is 0 Å². The molecule has 7 heteroatoms. The molecule has 0 spiro atoms. The molecule has 0 saturated carbocycles. The lowest BCUT2D eigenvalue weighted by atomic mass is 9.94. The topological polar surface area (TPSA) is 49.3 Å². The Bertz CT molecular complexity index is 614. The molecular weight excluding hydrogens is 479 g/mol. The summed E-state index contributed by atoms with van der Waals surface area (Å²) >= 11 is 0. The van der Waals surface area contributed by atoms with Gasteiger partial charge in [0.25, 0.3) is 0 Å². The predicted octanol–water partition coefficient (Wildman–Crippen LogP) is 3.14. The van der Waals surface area contributed by atoms with Crippen molar-refractivity contribution in [1.82, 2.24) is 15.1 Å². The number of hydrogen-bond donors (Lipinski definition) is 1. The fourth-order valence-electron chi connectivity index (χ4n) is 4.39. The number of hydrogen-bond acceptors (Lipinski definition) is 4. The minimum Gasteiger partial charge on any atom is -0.381 e. The molecule has 0 amide bonds. The number of rotatable bonds is 6. The minimum absolute atomic E-state index is 0. The van der Waals surface area contributed by atoms with Gasteiger partial charge < -0.3 is 19.7 Å². The molecule has 2 aliphatic rings. The van der Waals surface area contributed by atoms with E-state index < -0.39 is 0 Å². The Hall–Kier alpha value is -0.900. The first kappa shape index (κ1) is 24.4. The number of methoxy groups -OCH3 is 1. The molecule has 3 rings (SSSR count). The van der Waals surface area contributed by atoms with Gasteiger partial charge in [0.15, 0.2) is 5.96 Å². The molecule has 0 radical (unpaired) electrons. The third-order valence-corrected chi connectivity index (χ3v) is 6.24. The second-order valence-electron chi connectivity index (χ2n) is 7.76. The van der Waals surface area contributed by atoms with Gasteiger partial charge in [-0.1, -0.05) is 37.3 Å². The molecule has 2 aliphatic heterocycles. The van der Waals surface area contributed by atoms with Crippen LogP contribution in [0.3, 0.4) is 0 Å². The number of halogens is 1. The Morgan fingerprint density at radius 1 is 1.17 bits per heavy atom. The van der Waals surface area contributed by atoms with E-state index in [-0.39, 0.29) is 29.6 Å². The van der Waals surface area contributed by atoms with Crippen molar-refractivity contribution < 1.29 is 9.47 Å². The third kappa shape index (κ3) is 6.29. The summed E-state index contributed by atoms with van der Waals surface area (Å²) in [5.41, 5.74) is 1.28. The van der Waals surface area contributed by atoms with Crippen LogP contribution in [0.25, 0.3) is 0 Å². The van der Waals surface area contributed by atoms with Crippen LogP contribution in [0.1, 0.15) is 37.8 Å². The largest absolute Gasteiger partial charge is 0.381 e. The van der Waals surface area contributed by atoms with Crippen molar-refractivity contribution in [3.8, 4) is 0 Å². The van der Waals surface area contributed by atoms with Crippen molar-refractivity contribution in [3.05, 3.63) is 35.9 Å². The van der Waals surface area contributed by atoms with Crippen LogP contribution in [0.4, 0.5) is 0 Å². The monoisotopic (exact) mass is 516 g/mol. The Morgan fingerprint density at radius 3 is 2.38 bits per heavy atom. The minimum atomic E-state index is -0.142. The molecular formula is C22H37IN4O2. The molecule has 6 nitrogen and oxygen atoms in total. The van der Waals surface area contributed by atoms with Gasteiger partial charge in [0.1, 0.15) is 0 Å². The van der Waals surface area contributed by atoms with Crippen molar-refractivity contribution in [2.75, 3.05) is 60.1 Å². The Labute approximate surface area is 193 Å². The van der Waals surface area contributed by atoms with Gasteiger partial charge in [0, 0.05) is 79.0 Å². The summed E-state index contributed by atoms with van der Waals surface area (Å²) in [6.07, 6.45) is 2.99. The molecule has 1 atom stereocenters. The van der Waals surface area contributed by atoms with Crippen molar-refractivity contribution in [2.24, 2.45) is 4.99 Å². The van der Waals surface area contributed by atoms with Crippen LogP contribution in [0.15, 0.2) is 35.3 Å². The normalized spacial score (nSPS) is 21.3. The summed E-state index contributed by atoms with van der Waals surface area (Å²) in [7, 11) is 3.68. The maximum atomic E-state index is 5.85. The van der Waals surface area contributed by atoms with Crippen LogP contribution >= 0.6 is 24.0 Å². The fraction of sp³-hybridized carbons (Fsp3) is 0.682. The zero-order valence-electron chi connectivity index (χ0n) is 18.1. The van der Waals surface area contributed by atoms with Crippen molar-refractivity contribution in [2.45, 2.75) is 37.8 Å². The summed E-state index contributed by atoms with van der Waals surface area (Å²) in [6, 6.07) is 11.4. The lowest BCUT2D eigenvalue weighted by molar-refractivity contribution is -0.0858. The number of ether oxygens (including phenoxy) is 2. The highest BCUT2D eigenvalue weighted by Gasteiger charge is 2.33. The summed E-state index contributed by atoms with van der Waals surface area (Å²) in [5.74, 6) is 0.982. The molecule has 29 heavy (non-hydrogen) atoms. The van der Waals surface area contributed by atoms with E-state index in [2.05, 4.69) is 57.4 Å². The highest BCUT2D eigenvalue weighted by Crippen LogP contribution is 2.26. The summed E-state index contributed by atoms with van der Waals surface area (Å²) in [4.78, 5) is 9.51. The van der Waals surface area contributed by atoms with Gasteiger partial charge in [-0.3, -0.25) is 9.89 Å². The van der Waals surface area contributed by atoms with Gasteiger partial charge in [-0.05, 0) is 12.0 Å². The molecule has 2 saturated heterocycles. The maximum absolute atomic E-state index is 5.85.